The quantitative estimate of drug-likeness (QED) is 0.477. The van der Waals surface area contributed by atoms with Crippen molar-refractivity contribution in [1.82, 2.24) is 0 Å². The third kappa shape index (κ3) is 9.36. The predicted octanol–water partition coefficient (Wildman–Crippen LogP) is 1.66. The van der Waals surface area contributed by atoms with Crippen LogP contribution >= 0.6 is 11.8 Å². The van der Waals surface area contributed by atoms with Crippen LogP contribution in [0, 0.1) is 0 Å². The fraction of sp³-hybridized carbons (Fsp3) is 0.571. The summed E-state index contributed by atoms with van der Waals surface area (Å²) < 4.78 is 0. The Morgan fingerprint density at radius 3 is 2.27 bits per heavy atom. The standard InChI is InChI=1S/C7H12O3S/c1-6(8)2-4-11-5-3-7(9)10/h8H,1-5H2,(H,9,10). The molecule has 0 aromatic rings. The number of aliphatic carboxylic acids is 1. The molecule has 0 aromatic heterocycles. The smallest absolute Gasteiger partial charge is 0.304 e. The van der Waals surface area contributed by atoms with E-state index in [1.54, 1.807) is 0 Å². The molecule has 0 atom stereocenters. The summed E-state index contributed by atoms with van der Waals surface area (Å²) >= 11 is 1.51. The summed E-state index contributed by atoms with van der Waals surface area (Å²) in [5, 5.41) is 16.9. The van der Waals surface area contributed by atoms with Gasteiger partial charge in [0, 0.05) is 17.9 Å². The lowest BCUT2D eigenvalue weighted by Gasteiger charge is -1.97. The number of allylic oxidation sites excluding steroid dienone is 1. The molecule has 0 saturated carbocycles. The molecular formula is C7H12O3S. The van der Waals surface area contributed by atoms with Gasteiger partial charge in [-0.3, -0.25) is 4.79 Å². The van der Waals surface area contributed by atoms with E-state index in [1.807, 2.05) is 0 Å². The van der Waals surface area contributed by atoms with E-state index in [1.165, 1.54) is 11.8 Å². The first-order chi connectivity index (χ1) is 5.13. The molecule has 0 bridgehead atoms. The zero-order valence-electron chi connectivity index (χ0n) is 6.25. The van der Waals surface area contributed by atoms with Gasteiger partial charge in [-0.2, -0.15) is 11.8 Å². The van der Waals surface area contributed by atoms with Crippen LogP contribution in [0.5, 0.6) is 0 Å². The van der Waals surface area contributed by atoms with Gasteiger partial charge in [0.2, 0.25) is 0 Å². The molecule has 0 saturated heterocycles. The largest absolute Gasteiger partial charge is 0.513 e. The van der Waals surface area contributed by atoms with E-state index in [0.29, 0.717) is 12.2 Å². The fourth-order valence-electron chi connectivity index (χ4n) is 0.452. The second-order valence-corrected chi connectivity index (χ2v) is 3.30. The van der Waals surface area contributed by atoms with Crippen molar-refractivity contribution in [1.29, 1.82) is 0 Å². The molecule has 64 valence electrons. The van der Waals surface area contributed by atoms with E-state index in [0.717, 1.165) is 5.75 Å². The number of carboxylic acids is 1. The van der Waals surface area contributed by atoms with Crippen molar-refractivity contribution in [3.05, 3.63) is 12.3 Å². The number of aliphatic hydroxyl groups is 1. The summed E-state index contributed by atoms with van der Waals surface area (Å²) in [5.41, 5.74) is 0. The highest BCUT2D eigenvalue weighted by atomic mass is 32.2. The summed E-state index contributed by atoms with van der Waals surface area (Å²) in [7, 11) is 0. The molecule has 0 aliphatic rings. The summed E-state index contributed by atoms with van der Waals surface area (Å²) in [6, 6.07) is 0. The number of rotatable bonds is 6. The molecule has 0 aliphatic carbocycles. The van der Waals surface area contributed by atoms with Crippen LogP contribution in [0.3, 0.4) is 0 Å². The van der Waals surface area contributed by atoms with Gasteiger partial charge in [0.25, 0.3) is 0 Å². The Kier molecular flexibility index (Phi) is 5.74. The first kappa shape index (κ1) is 10.4. The van der Waals surface area contributed by atoms with E-state index in [-0.39, 0.29) is 12.2 Å². The first-order valence-corrected chi connectivity index (χ1v) is 4.44. The van der Waals surface area contributed by atoms with Gasteiger partial charge in [0.05, 0.1) is 12.2 Å². The number of hydrogen-bond acceptors (Lipinski definition) is 3. The lowest BCUT2D eigenvalue weighted by atomic mass is 10.4. The van der Waals surface area contributed by atoms with Crippen LogP contribution in [-0.2, 0) is 4.79 Å². The SMILES string of the molecule is C=C(O)CCSCCC(=O)O. The van der Waals surface area contributed by atoms with Crippen LogP contribution in [0.2, 0.25) is 0 Å². The maximum Gasteiger partial charge on any atom is 0.304 e. The molecule has 2 N–H and O–H groups in total. The number of hydrogen-bond donors (Lipinski definition) is 2. The molecule has 4 heteroatoms. The van der Waals surface area contributed by atoms with Crippen molar-refractivity contribution in [3.8, 4) is 0 Å². The van der Waals surface area contributed by atoms with Crippen LogP contribution in [0.1, 0.15) is 12.8 Å². The highest BCUT2D eigenvalue weighted by molar-refractivity contribution is 7.99. The van der Waals surface area contributed by atoms with Crippen molar-refractivity contribution < 1.29 is 15.0 Å². The van der Waals surface area contributed by atoms with E-state index in [9.17, 15) is 4.79 Å². The normalized spacial score (nSPS) is 9.45. The van der Waals surface area contributed by atoms with Gasteiger partial charge < -0.3 is 10.2 Å². The number of thioether (sulfide) groups is 1. The number of carboxylic acid groups (broad SMARTS) is 1. The summed E-state index contributed by atoms with van der Waals surface area (Å²) in [5.74, 6) is 0.721. The Balaban J connectivity index is 3.03. The number of carbonyl (C=O) groups is 1. The molecule has 3 nitrogen and oxygen atoms in total. The van der Waals surface area contributed by atoms with Gasteiger partial charge in [0.1, 0.15) is 0 Å². The van der Waals surface area contributed by atoms with Crippen molar-refractivity contribution >= 4 is 17.7 Å². The minimum atomic E-state index is -0.777. The van der Waals surface area contributed by atoms with Gasteiger partial charge in [-0.25, -0.2) is 0 Å². The maximum atomic E-state index is 10.0. The van der Waals surface area contributed by atoms with Gasteiger partial charge in [0.15, 0.2) is 0 Å². The highest BCUT2D eigenvalue weighted by Crippen LogP contribution is 2.06. The van der Waals surface area contributed by atoms with Crippen LogP contribution < -0.4 is 0 Å². The molecular weight excluding hydrogens is 164 g/mol. The third-order valence-corrected chi connectivity index (χ3v) is 1.98. The second kappa shape index (κ2) is 6.09. The molecule has 0 amide bonds. The van der Waals surface area contributed by atoms with Gasteiger partial charge in [-0.1, -0.05) is 6.58 Å². The Hall–Kier alpha value is -0.640. The molecule has 0 aromatic carbocycles. The fourth-order valence-corrected chi connectivity index (χ4v) is 1.35. The molecule has 0 radical (unpaired) electrons. The molecule has 0 unspecified atom stereocenters. The summed E-state index contributed by atoms with van der Waals surface area (Å²) in [4.78, 5) is 10.0. The minimum absolute atomic E-state index is 0.160. The average molecular weight is 176 g/mol. The van der Waals surface area contributed by atoms with Crippen molar-refractivity contribution in [2.75, 3.05) is 11.5 Å². The lowest BCUT2D eigenvalue weighted by molar-refractivity contribution is -0.136. The van der Waals surface area contributed by atoms with Crippen molar-refractivity contribution in [2.45, 2.75) is 12.8 Å². The van der Waals surface area contributed by atoms with E-state index in [2.05, 4.69) is 6.58 Å². The lowest BCUT2D eigenvalue weighted by Crippen LogP contribution is -1.96. The Labute approximate surface area is 70.1 Å². The van der Waals surface area contributed by atoms with Crippen LogP contribution in [-0.4, -0.2) is 27.7 Å². The molecule has 0 spiro atoms. The Morgan fingerprint density at radius 1 is 1.27 bits per heavy atom. The average Bonchev–Trinajstić information content (AvgIpc) is 1.85. The van der Waals surface area contributed by atoms with E-state index in [4.69, 9.17) is 10.2 Å². The van der Waals surface area contributed by atoms with E-state index < -0.39 is 5.97 Å². The second-order valence-electron chi connectivity index (χ2n) is 2.07. The zero-order valence-corrected chi connectivity index (χ0v) is 7.06. The van der Waals surface area contributed by atoms with Crippen molar-refractivity contribution in [2.24, 2.45) is 0 Å². The Morgan fingerprint density at radius 2 is 1.82 bits per heavy atom. The summed E-state index contributed by atoms with van der Waals surface area (Å²) in [6.45, 7) is 3.31. The van der Waals surface area contributed by atoms with Gasteiger partial charge >= 0.3 is 5.97 Å². The third-order valence-electron chi connectivity index (χ3n) is 0.995. The van der Waals surface area contributed by atoms with Crippen molar-refractivity contribution in [3.63, 3.8) is 0 Å². The van der Waals surface area contributed by atoms with Gasteiger partial charge in [-0.05, 0) is 0 Å². The predicted molar refractivity (Wildman–Crippen MR) is 46.0 cm³/mol. The highest BCUT2D eigenvalue weighted by Gasteiger charge is 1.96. The molecule has 0 aliphatic heterocycles. The Bertz CT molecular complexity index is 129. The maximum absolute atomic E-state index is 10.0. The zero-order chi connectivity index (χ0) is 8.69. The first-order valence-electron chi connectivity index (χ1n) is 3.29. The molecule has 0 fully saturated rings. The van der Waals surface area contributed by atoms with E-state index >= 15 is 0 Å². The molecule has 0 heterocycles. The van der Waals surface area contributed by atoms with Crippen LogP contribution in [0.15, 0.2) is 12.3 Å². The monoisotopic (exact) mass is 176 g/mol. The number of aliphatic hydroxyl groups excluding tert-OH is 1. The van der Waals surface area contributed by atoms with Gasteiger partial charge in [-0.15, -0.1) is 0 Å². The molecule has 0 rings (SSSR count). The topological polar surface area (TPSA) is 57.5 Å². The summed E-state index contributed by atoms with van der Waals surface area (Å²) in [6.07, 6.45) is 0.729. The minimum Gasteiger partial charge on any atom is -0.513 e. The molecule has 11 heavy (non-hydrogen) atoms. The van der Waals surface area contributed by atoms with Crippen LogP contribution in [0.4, 0.5) is 0 Å². The van der Waals surface area contributed by atoms with Crippen LogP contribution in [0.25, 0.3) is 0 Å².